The zero-order valence-electron chi connectivity index (χ0n) is 8.78. The van der Waals surface area contributed by atoms with E-state index in [-0.39, 0.29) is 0 Å². The van der Waals surface area contributed by atoms with Gasteiger partial charge >= 0.3 is 0 Å². The summed E-state index contributed by atoms with van der Waals surface area (Å²) in [5.74, 6) is 0. The summed E-state index contributed by atoms with van der Waals surface area (Å²) < 4.78 is 1.90. The topological polar surface area (TPSA) is 17.8 Å². The number of hydrogen-bond acceptors (Lipinski definition) is 1. The predicted molar refractivity (Wildman–Crippen MR) is 58.1 cm³/mol. The fourth-order valence-corrected chi connectivity index (χ4v) is 1.52. The highest BCUT2D eigenvalue weighted by atomic mass is 15.3. The van der Waals surface area contributed by atoms with Gasteiger partial charge in [0, 0.05) is 18.3 Å². The largest absolute Gasteiger partial charge is 0.272 e. The zero-order valence-corrected chi connectivity index (χ0v) is 8.78. The molecular formula is C12H14N2. The van der Waals surface area contributed by atoms with Gasteiger partial charge in [-0.05, 0) is 19.4 Å². The van der Waals surface area contributed by atoms with Crippen LogP contribution in [-0.4, -0.2) is 9.78 Å². The second-order valence-electron chi connectivity index (χ2n) is 3.63. The Kier molecular flexibility index (Phi) is 2.12. The second-order valence-corrected chi connectivity index (χ2v) is 3.63. The Balaban J connectivity index is 2.49. The van der Waals surface area contributed by atoms with Gasteiger partial charge in [-0.2, -0.15) is 5.10 Å². The summed E-state index contributed by atoms with van der Waals surface area (Å²) in [7, 11) is 1.97. The lowest BCUT2D eigenvalue weighted by Crippen LogP contribution is -1.92. The highest BCUT2D eigenvalue weighted by Gasteiger charge is 2.04. The van der Waals surface area contributed by atoms with Crippen molar-refractivity contribution in [2.24, 2.45) is 7.05 Å². The normalized spacial score (nSPS) is 10.5. The SMILES string of the molecule is Cc1ccc(-c2cnn(C)c2C)cc1. The van der Waals surface area contributed by atoms with Crippen molar-refractivity contribution in [2.75, 3.05) is 0 Å². The number of nitrogens with zero attached hydrogens (tertiary/aromatic N) is 2. The molecule has 0 aliphatic heterocycles. The summed E-state index contributed by atoms with van der Waals surface area (Å²) in [5, 5.41) is 4.23. The molecule has 0 fully saturated rings. The summed E-state index contributed by atoms with van der Waals surface area (Å²) in [6.45, 7) is 4.18. The molecule has 1 aromatic carbocycles. The van der Waals surface area contributed by atoms with Crippen LogP contribution in [0.25, 0.3) is 11.1 Å². The third kappa shape index (κ3) is 1.43. The summed E-state index contributed by atoms with van der Waals surface area (Å²) >= 11 is 0. The zero-order chi connectivity index (χ0) is 10.1. The maximum Gasteiger partial charge on any atom is 0.0571 e. The van der Waals surface area contributed by atoms with Gasteiger partial charge in [-0.25, -0.2) is 0 Å². The van der Waals surface area contributed by atoms with Crippen molar-refractivity contribution in [2.45, 2.75) is 13.8 Å². The molecule has 0 bridgehead atoms. The molecule has 0 amide bonds. The van der Waals surface area contributed by atoms with Crippen LogP contribution in [0.15, 0.2) is 30.5 Å². The highest BCUT2D eigenvalue weighted by molar-refractivity contribution is 5.65. The van der Waals surface area contributed by atoms with E-state index in [2.05, 4.69) is 43.2 Å². The lowest BCUT2D eigenvalue weighted by atomic mass is 10.1. The van der Waals surface area contributed by atoms with Gasteiger partial charge in [0.15, 0.2) is 0 Å². The van der Waals surface area contributed by atoms with Crippen LogP contribution in [0.2, 0.25) is 0 Å². The van der Waals surface area contributed by atoms with Crippen molar-refractivity contribution in [3.8, 4) is 11.1 Å². The van der Waals surface area contributed by atoms with Gasteiger partial charge in [-0.1, -0.05) is 29.8 Å². The van der Waals surface area contributed by atoms with Crippen LogP contribution in [0.1, 0.15) is 11.3 Å². The maximum absolute atomic E-state index is 4.23. The molecule has 0 aliphatic rings. The lowest BCUT2D eigenvalue weighted by Gasteiger charge is -2.01. The average Bonchev–Trinajstić information content (AvgIpc) is 2.50. The minimum atomic E-state index is 1.20. The average molecular weight is 186 g/mol. The first kappa shape index (κ1) is 9.00. The summed E-state index contributed by atoms with van der Waals surface area (Å²) in [5.41, 5.74) is 4.94. The number of aromatic nitrogens is 2. The Morgan fingerprint density at radius 3 is 2.21 bits per heavy atom. The summed E-state index contributed by atoms with van der Waals surface area (Å²) in [6, 6.07) is 8.53. The van der Waals surface area contributed by atoms with Crippen molar-refractivity contribution in [3.05, 3.63) is 41.7 Å². The molecule has 0 saturated heterocycles. The molecule has 2 nitrogen and oxygen atoms in total. The van der Waals surface area contributed by atoms with E-state index in [1.807, 2.05) is 17.9 Å². The quantitative estimate of drug-likeness (QED) is 0.669. The van der Waals surface area contributed by atoms with Gasteiger partial charge in [0.1, 0.15) is 0 Å². The molecule has 0 saturated carbocycles. The highest BCUT2D eigenvalue weighted by Crippen LogP contribution is 2.22. The van der Waals surface area contributed by atoms with Gasteiger partial charge in [0.05, 0.1) is 6.20 Å². The van der Waals surface area contributed by atoms with Gasteiger partial charge in [0.2, 0.25) is 0 Å². The first-order valence-electron chi connectivity index (χ1n) is 4.74. The lowest BCUT2D eigenvalue weighted by molar-refractivity contribution is 0.740. The van der Waals surface area contributed by atoms with Crippen LogP contribution in [0.3, 0.4) is 0 Å². The Labute approximate surface area is 84.2 Å². The van der Waals surface area contributed by atoms with Gasteiger partial charge in [-0.15, -0.1) is 0 Å². The number of rotatable bonds is 1. The molecule has 72 valence electrons. The molecule has 2 heteroatoms. The van der Waals surface area contributed by atoms with Crippen molar-refractivity contribution in [1.29, 1.82) is 0 Å². The van der Waals surface area contributed by atoms with Crippen LogP contribution >= 0.6 is 0 Å². The third-order valence-corrected chi connectivity index (χ3v) is 2.60. The summed E-state index contributed by atoms with van der Waals surface area (Å²) in [6.07, 6.45) is 1.92. The molecule has 0 aliphatic carbocycles. The number of hydrogen-bond donors (Lipinski definition) is 0. The van der Waals surface area contributed by atoms with Crippen LogP contribution < -0.4 is 0 Å². The Morgan fingerprint density at radius 1 is 1.07 bits per heavy atom. The minimum absolute atomic E-state index is 1.20. The molecule has 2 rings (SSSR count). The first-order valence-corrected chi connectivity index (χ1v) is 4.74. The molecule has 1 heterocycles. The van der Waals surface area contributed by atoms with Crippen LogP contribution in [0, 0.1) is 13.8 Å². The van der Waals surface area contributed by atoms with E-state index in [4.69, 9.17) is 0 Å². The fourth-order valence-electron chi connectivity index (χ4n) is 1.52. The van der Waals surface area contributed by atoms with Gasteiger partial charge < -0.3 is 0 Å². The maximum atomic E-state index is 4.23. The van der Waals surface area contributed by atoms with E-state index in [0.717, 1.165) is 0 Å². The van der Waals surface area contributed by atoms with Crippen molar-refractivity contribution in [3.63, 3.8) is 0 Å². The predicted octanol–water partition coefficient (Wildman–Crippen LogP) is 2.70. The molecule has 14 heavy (non-hydrogen) atoms. The van der Waals surface area contributed by atoms with E-state index >= 15 is 0 Å². The number of aryl methyl sites for hydroxylation is 2. The molecule has 0 radical (unpaired) electrons. The van der Waals surface area contributed by atoms with Crippen LogP contribution in [0.4, 0.5) is 0 Å². The van der Waals surface area contributed by atoms with Gasteiger partial charge in [0.25, 0.3) is 0 Å². The van der Waals surface area contributed by atoms with Crippen LogP contribution in [0.5, 0.6) is 0 Å². The molecule has 2 aromatic rings. The van der Waals surface area contributed by atoms with E-state index in [1.165, 1.54) is 22.4 Å². The minimum Gasteiger partial charge on any atom is -0.272 e. The number of benzene rings is 1. The van der Waals surface area contributed by atoms with Crippen LogP contribution in [-0.2, 0) is 7.05 Å². The Morgan fingerprint density at radius 2 is 1.71 bits per heavy atom. The van der Waals surface area contributed by atoms with E-state index < -0.39 is 0 Å². The molecule has 0 atom stereocenters. The first-order chi connectivity index (χ1) is 6.68. The Hall–Kier alpha value is -1.57. The van der Waals surface area contributed by atoms with Crippen molar-refractivity contribution < 1.29 is 0 Å². The standard InChI is InChI=1S/C12H14N2/c1-9-4-6-11(7-5-9)12-8-13-14(3)10(12)2/h4-8H,1-3H3. The molecule has 0 N–H and O–H groups in total. The monoisotopic (exact) mass is 186 g/mol. The van der Waals surface area contributed by atoms with Gasteiger partial charge in [-0.3, -0.25) is 4.68 Å². The van der Waals surface area contributed by atoms with E-state index in [9.17, 15) is 0 Å². The van der Waals surface area contributed by atoms with E-state index in [0.29, 0.717) is 0 Å². The van der Waals surface area contributed by atoms with Crippen molar-refractivity contribution >= 4 is 0 Å². The van der Waals surface area contributed by atoms with Crippen molar-refractivity contribution in [1.82, 2.24) is 9.78 Å². The molecule has 0 unspecified atom stereocenters. The molecular weight excluding hydrogens is 172 g/mol. The molecule has 0 spiro atoms. The second kappa shape index (κ2) is 3.29. The molecule has 1 aromatic heterocycles. The third-order valence-electron chi connectivity index (χ3n) is 2.60. The van der Waals surface area contributed by atoms with E-state index in [1.54, 1.807) is 0 Å². The smallest absolute Gasteiger partial charge is 0.0571 e. The fraction of sp³-hybridized carbons (Fsp3) is 0.250. The summed E-state index contributed by atoms with van der Waals surface area (Å²) in [4.78, 5) is 0. The Bertz CT molecular complexity index is 438.